The first-order chi connectivity index (χ1) is 5.91. The number of methoxy groups -OCH3 is 1. The molecule has 0 bridgehead atoms. The summed E-state index contributed by atoms with van der Waals surface area (Å²) in [6.07, 6.45) is 11.0. The molecule has 74 valence electrons. The van der Waals surface area contributed by atoms with E-state index in [2.05, 4.69) is 6.92 Å². The molecule has 0 saturated heterocycles. The average molecular weight is 172 g/mol. The highest BCUT2D eigenvalue weighted by Crippen LogP contribution is 2.07. The first kappa shape index (κ1) is 12.0. The van der Waals surface area contributed by atoms with E-state index in [-0.39, 0.29) is 0 Å². The van der Waals surface area contributed by atoms with Gasteiger partial charge < -0.3 is 4.74 Å². The SMILES string of the molecule is CCCCCCCCCCOC. The van der Waals surface area contributed by atoms with Gasteiger partial charge in [-0.15, -0.1) is 0 Å². The summed E-state index contributed by atoms with van der Waals surface area (Å²) in [6.45, 7) is 3.20. The lowest BCUT2D eigenvalue weighted by Gasteiger charge is -2.00. The predicted octanol–water partition coefficient (Wildman–Crippen LogP) is 3.77. The van der Waals surface area contributed by atoms with E-state index in [1.807, 2.05) is 0 Å². The van der Waals surface area contributed by atoms with Gasteiger partial charge in [-0.3, -0.25) is 0 Å². The van der Waals surface area contributed by atoms with Crippen LogP contribution in [0.3, 0.4) is 0 Å². The summed E-state index contributed by atoms with van der Waals surface area (Å²) in [5.41, 5.74) is 0. The highest BCUT2D eigenvalue weighted by Gasteiger charge is 1.90. The van der Waals surface area contributed by atoms with Crippen LogP contribution in [-0.2, 0) is 4.74 Å². The lowest BCUT2D eigenvalue weighted by molar-refractivity contribution is 0.192. The Kier molecular flexibility index (Phi) is 10.9. The molecule has 0 unspecified atom stereocenters. The molecular weight excluding hydrogens is 148 g/mol. The summed E-state index contributed by atoms with van der Waals surface area (Å²) < 4.78 is 4.99. The largest absolute Gasteiger partial charge is 0.385 e. The zero-order chi connectivity index (χ0) is 9.07. The molecule has 0 aliphatic rings. The Morgan fingerprint density at radius 2 is 1.25 bits per heavy atom. The van der Waals surface area contributed by atoms with Crippen molar-refractivity contribution in [2.24, 2.45) is 0 Å². The van der Waals surface area contributed by atoms with Gasteiger partial charge in [-0.25, -0.2) is 0 Å². The van der Waals surface area contributed by atoms with Crippen molar-refractivity contribution in [2.75, 3.05) is 13.7 Å². The van der Waals surface area contributed by atoms with E-state index >= 15 is 0 Å². The van der Waals surface area contributed by atoms with E-state index in [9.17, 15) is 0 Å². The van der Waals surface area contributed by atoms with E-state index in [1.165, 1.54) is 51.4 Å². The molecule has 0 radical (unpaired) electrons. The van der Waals surface area contributed by atoms with Crippen molar-refractivity contribution in [3.8, 4) is 0 Å². The third kappa shape index (κ3) is 9.96. The minimum Gasteiger partial charge on any atom is -0.385 e. The molecule has 1 heteroatoms. The third-order valence-corrected chi connectivity index (χ3v) is 2.20. The Morgan fingerprint density at radius 1 is 0.750 bits per heavy atom. The molecule has 0 atom stereocenters. The first-order valence-electron chi connectivity index (χ1n) is 5.40. The van der Waals surface area contributed by atoms with Crippen molar-refractivity contribution >= 4 is 0 Å². The van der Waals surface area contributed by atoms with Crippen LogP contribution in [0.25, 0.3) is 0 Å². The van der Waals surface area contributed by atoms with Crippen molar-refractivity contribution in [3.63, 3.8) is 0 Å². The second-order valence-corrected chi connectivity index (χ2v) is 3.47. The van der Waals surface area contributed by atoms with Crippen LogP contribution in [-0.4, -0.2) is 13.7 Å². The fourth-order valence-corrected chi connectivity index (χ4v) is 1.38. The van der Waals surface area contributed by atoms with Crippen LogP contribution in [0.2, 0.25) is 0 Å². The molecule has 0 aromatic carbocycles. The monoisotopic (exact) mass is 172 g/mol. The van der Waals surface area contributed by atoms with E-state index in [0.29, 0.717) is 0 Å². The standard InChI is InChI=1S/C11H24O/c1-3-4-5-6-7-8-9-10-11-12-2/h3-11H2,1-2H3. The summed E-state index contributed by atoms with van der Waals surface area (Å²) in [5.74, 6) is 0. The van der Waals surface area contributed by atoms with Gasteiger partial charge in [0.05, 0.1) is 0 Å². The number of rotatable bonds is 9. The number of hydrogen-bond donors (Lipinski definition) is 0. The summed E-state index contributed by atoms with van der Waals surface area (Å²) in [4.78, 5) is 0. The third-order valence-electron chi connectivity index (χ3n) is 2.20. The maximum atomic E-state index is 4.99. The van der Waals surface area contributed by atoms with Crippen molar-refractivity contribution in [1.82, 2.24) is 0 Å². The molecular formula is C11H24O. The zero-order valence-corrected chi connectivity index (χ0v) is 8.77. The molecule has 0 saturated carbocycles. The maximum absolute atomic E-state index is 4.99. The molecule has 0 rings (SSSR count). The van der Waals surface area contributed by atoms with Gasteiger partial charge >= 0.3 is 0 Å². The van der Waals surface area contributed by atoms with Crippen LogP contribution in [0.1, 0.15) is 58.3 Å². The Labute approximate surface area is 77.5 Å². The topological polar surface area (TPSA) is 9.23 Å². The summed E-state index contributed by atoms with van der Waals surface area (Å²) in [6, 6.07) is 0. The van der Waals surface area contributed by atoms with Crippen LogP contribution in [0, 0.1) is 0 Å². The fourth-order valence-electron chi connectivity index (χ4n) is 1.38. The maximum Gasteiger partial charge on any atom is 0.0462 e. The minimum atomic E-state index is 0.939. The van der Waals surface area contributed by atoms with Gasteiger partial charge in [0, 0.05) is 13.7 Å². The van der Waals surface area contributed by atoms with Gasteiger partial charge in [0.15, 0.2) is 0 Å². The molecule has 0 aliphatic carbocycles. The molecule has 0 aliphatic heterocycles. The molecule has 0 amide bonds. The van der Waals surface area contributed by atoms with Gasteiger partial charge in [-0.2, -0.15) is 0 Å². The van der Waals surface area contributed by atoms with Crippen molar-refractivity contribution in [2.45, 2.75) is 58.3 Å². The van der Waals surface area contributed by atoms with E-state index in [4.69, 9.17) is 4.74 Å². The summed E-state index contributed by atoms with van der Waals surface area (Å²) in [5, 5.41) is 0. The van der Waals surface area contributed by atoms with Crippen molar-refractivity contribution in [1.29, 1.82) is 0 Å². The molecule has 12 heavy (non-hydrogen) atoms. The van der Waals surface area contributed by atoms with Gasteiger partial charge in [0.1, 0.15) is 0 Å². The number of ether oxygens (including phenoxy) is 1. The van der Waals surface area contributed by atoms with E-state index in [1.54, 1.807) is 7.11 Å². The Morgan fingerprint density at radius 3 is 1.75 bits per heavy atom. The van der Waals surface area contributed by atoms with Crippen LogP contribution >= 0.6 is 0 Å². The molecule has 0 heterocycles. The summed E-state index contributed by atoms with van der Waals surface area (Å²) in [7, 11) is 1.78. The lowest BCUT2D eigenvalue weighted by atomic mass is 10.1. The molecule has 0 aromatic rings. The van der Waals surface area contributed by atoms with Crippen molar-refractivity contribution < 1.29 is 4.74 Å². The average Bonchev–Trinajstić information content (AvgIpc) is 2.10. The van der Waals surface area contributed by atoms with Gasteiger partial charge in [0.2, 0.25) is 0 Å². The molecule has 0 fully saturated rings. The second-order valence-electron chi connectivity index (χ2n) is 3.47. The van der Waals surface area contributed by atoms with Crippen molar-refractivity contribution in [3.05, 3.63) is 0 Å². The Bertz CT molecular complexity index is 61.4. The smallest absolute Gasteiger partial charge is 0.0462 e. The van der Waals surface area contributed by atoms with E-state index in [0.717, 1.165) is 6.61 Å². The van der Waals surface area contributed by atoms with Gasteiger partial charge in [-0.1, -0.05) is 51.9 Å². The van der Waals surface area contributed by atoms with Crippen LogP contribution in [0.5, 0.6) is 0 Å². The molecule has 0 N–H and O–H groups in total. The predicted molar refractivity (Wildman–Crippen MR) is 54.5 cm³/mol. The van der Waals surface area contributed by atoms with Gasteiger partial charge in [-0.05, 0) is 6.42 Å². The normalized spacial score (nSPS) is 10.5. The van der Waals surface area contributed by atoms with Crippen LogP contribution < -0.4 is 0 Å². The second kappa shape index (κ2) is 11.0. The molecule has 0 spiro atoms. The highest BCUT2D eigenvalue weighted by molar-refractivity contribution is 4.45. The van der Waals surface area contributed by atoms with Crippen LogP contribution in [0.15, 0.2) is 0 Å². The lowest BCUT2D eigenvalue weighted by Crippen LogP contribution is -1.88. The quantitative estimate of drug-likeness (QED) is 0.481. The first-order valence-corrected chi connectivity index (χ1v) is 5.40. The Balaban J connectivity index is 2.73. The number of unbranched alkanes of at least 4 members (excludes halogenated alkanes) is 7. The highest BCUT2D eigenvalue weighted by atomic mass is 16.5. The zero-order valence-electron chi connectivity index (χ0n) is 8.77. The molecule has 1 nitrogen and oxygen atoms in total. The van der Waals surface area contributed by atoms with Gasteiger partial charge in [0.25, 0.3) is 0 Å². The Hall–Kier alpha value is -0.0400. The minimum absolute atomic E-state index is 0.939. The van der Waals surface area contributed by atoms with Crippen LogP contribution in [0.4, 0.5) is 0 Å². The summed E-state index contributed by atoms with van der Waals surface area (Å²) >= 11 is 0. The number of hydrogen-bond acceptors (Lipinski definition) is 1. The fraction of sp³-hybridized carbons (Fsp3) is 1.00. The molecule has 0 aromatic heterocycles. The van der Waals surface area contributed by atoms with E-state index < -0.39 is 0 Å².